The van der Waals surface area contributed by atoms with Crippen LogP contribution in [0.15, 0.2) is 91.3 Å². The number of aromatic nitrogens is 2. The Labute approximate surface area is 184 Å². The molecule has 5 nitrogen and oxygen atoms in total. The monoisotopic (exact) mass is 430 g/mol. The van der Waals surface area contributed by atoms with Crippen molar-refractivity contribution in [3.63, 3.8) is 0 Å². The lowest BCUT2D eigenvalue weighted by atomic mass is 10.0. The molecule has 0 spiro atoms. The maximum Gasteiger partial charge on any atom is 0.174 e. The predicted molar refractivity (Wildman–Crippen MR) is 122 cm³/mol. The summed E-state index contributed by atoms with van der Waals surface area (Å²) in [6.45, 7) is 0. The largest absolute Gasteiger partial charge is 0.508 e. The molecule has 2 aromatic carbocycles. The van der Waals surface area contributed by atoms with Crippen LogP contribution in [0.25, 0.3) is 5.69 Å². The number of benzene rings is 2. The van der Waals surface area contributed by atoms with Gasteiger partial charge >= 0.3 is 0 Å². The first-order valence-corrected chi connectivity index (χ1v) is 10.3. The second-order valence-electron chi connectivity index (χ2n) is 7.30. The van der Waals surface area contributed by atoms with Crippen LogP contribution in [-0.4, -0.2) is 19.8 Å². The molecule has 1 aliphatic heterocycles. The van der Waals surface area contributed by atoms with Crippen molar-refractivity contribution >= 4 is 23.0 Å². The molecule has 1 fully saturated rings. The van der Waals surface area contributed by atoms with Crippen LogP contribution in [0.5, 0.6) is 5.75 Å². The molecular formula is C24H19FN4OS. The van der Waals surface area contributed by atoms with Crippen LogP contribution >= 0.6 is 12.2 Å². The number of hydrogen-bond donors (Lipinski definition) is 2. The van der Waals surface area contributed by atoms with Crippen LogP contribution in [0, 0.1) is 5.82 Å². The van der Waals surface area contributed by atoms with Crippen molar-refractivity contribution in [1.82, 2.24) is 14.9 Å². The van der Waals surface area contributed by atoms with Gasteiger partial charge in [0.2, 0.25) is 0 Å². The van der Waals surface area contributed by atoms with Crippen LogP contribution in [0.2, 0.25) is 0 Å². The molecule has 0 radical (unpaired) electrons. The molecule has 2 aromatic heterocycles. The highest BCUT2D eigenvalue weighted by Crippen LogP contribution is 2.42. The third-order valence-electron chi connectivity index (χ3n) is 5.40. The minimum Gasteiger partial charge on any atom is -0.508 e. The van der Waals surface area contributed by atoms with E-state index in [2.05, 4.69) is 10.3 Å². The minimum absolute atomic E-state index is 0.183. The van der Waals surface area contributed by atoms with Gasteiger partial charge in [0, 0.05) is 29.5 Å². The topological polar surface area (TPSA) is 53.3 Å². The van der Waals surface area contributed by atoms with Crippen molar-refractivity contribution in [3.8, 4) is 11.4 Å². The first kappa shape index (κ1) is 19.3. The van der Waals surface area contributed by atoms with Crippen molar-refractivity contribution in [2.24, 2.45) is 0 Å². The Balaban J connectivity index is 1.67. The fourth-order valence-electron chi connectivity index (χ4n) is 4.04. The summed E-state index contributed by atoms with van der Waals surface area (Å²) in [6, 6.07) is 22.7. The van der Waals surface area contributed by atoms with Gasteiger partial charge in [-0.25, -0.2) is 4.39 Å². The van der Waals surface area contributed by atoms with Crippen molar-refractivity contribution < 1.29 is 9.50 Å². The normalized spacial score (nSPS) is 18.2. The van der Waals surface area contributed by atoms with E-state index in [1.807, 2.05) is 64.2 Å². The molecule has 2 N–H and O–H groups in total. The fourth-order valence-corrected chi connectivity index (χ4v) is 4.39. The second-order valence-corrected chi connectivity index (χ2v) is 7.68. The van der Waals surface area contributed by atoms with Crippen LogP contribution in [0.4, 0.5) is 10.1 Å². The molecule has 1 aliphatic rings. The lowest BCUT2D eigenvalue weighted by Crippen LogP contribution is -2.30. The lowest BCUT2D eigenvalue weighted by Gasteiger charge is -2.29. The van der Waals surface area contributed by atoms with E-state index in [1.165, 1.54) is 12.1 Å². The van der Waals surface area contributed by atoms with Gasteiger partial charge in [0.15, 0.2) is 5.11 Å². The van der Waals surface area contributed by atoms with Crippen molar-refractivity contribution in [3.05, 3.63) is 108 Å². The SMILES string of the molecule is Oc1ccc(N2C(=S)N[C@@H](c3ccccn3)[C@H]2c2cccn2-c2cccc(F)c2)cc1. The number of thiocarbonyl (C=S) groups is 1. The molecule has 0 unspecified atom stereocenters. The molecule has 0 aliphatic carbocycles. The van der Waals surface area contributed by atoms with Gasteiger partial charge < -0.3 is 19.9 Å². The van der Waals surface area contributed by atoms with E-state index < -0.39 is 0 Å². The number of halogens is 1. The van der Waals surface area contributed by atoms with Crippen molar-refractivity contribution in [2.75, 3.05) is 4.90 Å². The summed E-state index contributed by atoms with van der Waals surface area (Å²) in [5.74, 6) is -0.114. The number of hydrogen-bond acceptors (Lipinski definition) is 3. The average Bonchev–Trinajstić information content (AvgIpc) is 3.39. The lowest BCUT2D eigenvalue weighted by molar-refractivity contribution is 0.475. The van der Waals surface area contributed by atoms with Gasteiger partial charge in [0.1, 0.15) is 17.6 Å². The maximum atomic E-state index is 14.0. The summed E-state index contributed by atoms with van der Waals surface area (Å²) in [7, 11) is 0. The molecule has 154 valence electrons. The highest BCUT2D eigenvalue weighted by molar-refractivity contribution is 7.80. The molecular weight excluding hydrogens is 411 g/mol. The molecule has 3 heterocycles. The second kappa shape index (κ2) is 7.85. The number of pyridine rings is 1. The molecule has 2 atom stereocenters. The van der Waals surface area contributed by atoms with Crippen molar-refractivity contribution in [1.29, 1.82) is 0 Å². The third-order valence-corrected chi connectivity index (χ3v) is 5.71. The molecule has 0 amide bonds. The highest BCUT2D eigenvalue weighted by atomic mass is 32.1. The van der Waals surface area contributed by atoms with Gasteiger partial charge in [-0.2, -0.15) is 0 Å². The van der Waals surface area contributed by atoms with Gasteiger partial charge in [-0.05, 0) is 78.9 Å². The molecule has 1 saturated heterocycles. The highest BCUT2D eigenvalue weighted by Gasteiger charge is 2.42. The van der Waals surface area contributed by atoms with E-state index >= 15 is 0 Å². The number of phenols is 1. The quantitative estimate of drug-likeness (QED) is 0.452. The zero-order valence-electron chi connectivity index (χ0n) is 16.4. The Bertz CT molecular complexity index is 1230. The minimum atomic E-state index is -0.297. The molecule has 5 rings (SSSR count). The summed E-state index contributed by atoms with van der Waals surface area (Å²) in [5, 5.41) is 13.7. The van der Waals surface area contributed by atoms with Crippen LogP contribution in [0.3, 0.4) is 0 Å². The van der Waals surface area contributed by atoms with Gasteiger partial charge in [0.25, 0.3) is 0 Å². The Morgan fingerprint density at radius 3 is 2.52 bits per heavy atom. The zero-order valence-corrected chi connectivity index (χ0v) is 17.2. The molecule has 31 heavy (non-hydrogen) atoms. The van der Waals surface area contributed by atoms with E-state index in [9.17, 15) is 9.50 Å². The molecule has 0 saturated carbocycles. The number of anilines is 1. The summed E-state index contributed by atoms with van der Waals surface area (Å²) in [4.78, 5) is 6.57. The Hall–Kier alpha value is -3.71. The van der Waals surface area contributed by atoms with E-state index in [1.54, 1.807) is 24.4 Å². The number of nitrogens with zero attached hydrogens (tertiary/aromatic N) is 3. The zero-order chi connectivity index (χ0) is 21.4. The van der Waals surface area contributed by atoms with E-state index in [-0.39, 0.29) is 23.7 Å². The summed E-state index contributed by atoms with van der Waals surface area (Å²) in [6.07, 6.45) is 3.67. The first-order valence-electron chi connectivity index (χ1n) is 9.85. The van der Waals surface area contributed by atoms with E-state index in [4.69, 9.17) is 12.2 Å². The summed E-state index contributed by atoms with van der Waals surface area (Å²) < 4.78 is 15.9. The third kappa shape index (κ3) is 3.53. The van der Waals surface area contributed by atoms with Crippen LogP contribution < -0.4 is 10.2 Å². The molecule has 4 aromatic rings. The van der Waals surface area contributed by atoms with E-state index in [0.717, 1.165) is 22.8 Å². The summed E-state index contributed by atoms with van der Waals surface area (Å²) >= 11 is 5.72. The summed E-state index contributed by atoms with van der Waals surface area (Å²) in [5.41, 5.74) is 3.35. The van der Waals surface area contributed by atoms with Gasteiger partial charge in [-0.3, -0.25) is 4.98 Å². The molecule has 7 heteroatoms. The predicted octanol–water partition coefficient (Wildman–Crippen LogP) is 4.89. The number of rotatable bonds is 4. The average molecular weight is 431 g/mol. The maximum absolute atomic E-state index is 14.0. The number of phenolic OH excluding ortho intramolecular Hbond substituents is 1. The van der Waals surface area contributed by atoms with Crippen LogP contribution in [-0.2, 0) is 0 Å². The Morgan fingerprint density at radius 2 is 1.77 bits per heavy atom. The standard InChI is InChI=1S/C24H19FN4OS/c25-16-5-3-6-18(15-16)28-14-4-8-21(28)23-22(20-7-1-2-13-26-20)27-24(31)29(23)17-9-11-19(30)12-10-17/h1-15,22-23,30H,(H,27,31)/t22-,23+/m0/s1. The number of aromatic hydroxyl groups is 1. The Kier molecular flexibility index (Phi) is 4.88. The molecule has 0 bridgehead atoms. The van der Waals surface area contributed by atoms with Gasteiger partial charge in [0.05, 0.1) is 11.7 Å². The van der Waals surface area contributed by atoms with E-state index in [0.29, 0.717) is 5.11 Å². The van der Waals surface area contributed by atoms with Crippen molar-refractivity contribution in [2.45, 2.75) is 12.1 Å². The van der Waals surface area contributed by atoms with Gasteiger partial charge in [-0.1, -0.05) is 12.1 Å². The fraction of sp³-hybridized carbons (Fsp3) is 0.0833. The first-order chi connectivity index (χ1) is 15.1. The van der Waals surface area contributed by atoms with Gasteiger partial charge in [-0.15, -0.1) is 0 Å². The Morgan fingerprint density at radius 1 is 0.935 bits per heavy atom. The van der Waals surface area contributed by atoms with Crippen LogP contribution in [0.1, 0.15) is 23.5 Å². The number of nitrogens with one attached hydrogen (secondary N) is 1. The smallest absolute Gasteiger partial charge is 0.174 e.